The number of hydrogen-bond donors (Lipinski definition) is 1. The van der Waals surface area contributed by atoms with Crippen molar-refractivity contribution >= 4 is 27.8 Å². The van der Waals surface area contributed by atoms with Crippen LogP contribution in [-0.4, -0.2) is 39.4 Å². The monoisotopic (exact) mass is 447 g/mol. The van der Waals surface area contributed by atoms with Crippen molar-refractivity contribution in [2.24, 2.45) is 0 Å². The average Bonchev–Trinajstić information content (AvgIpc) is 3.14. The van der Waals surface area contributed by atoms with Gasteiger partial charge < -0.3 is 14.8 Å². The summed E-state index contributed by atoms with van der Waals surface area (Å²) in [4.78, 5) is 12.8. The summed E-state index contributed by atoms with van der Waals surface area (Å²) in [5, 5.41) is 14.9. The first kappa shape index (κ1) is 20.1. The number of tetrazole rings is 1. The van der Waals surface area contributed by atoms with Crippen LogP contribution in [0.4, 0.5) is 5.95 Å². The molecule has 2 aromatic rings. The van der Waals surface area contributed by atoms with Crippen molar-refractivity contribution in [3.8, 4) is 5.75 Å². The molecule has 0 spiro atoms. The van der Waals surface area contributed by atoms with Gasteiger partial charge in [0, 0.05) is 15.7 Å². The molecule has 3 rings (SSSR count). The van der Waals surface area contributed by atoms with Crippen molar-refractivity contribution in [3.05, 3.63) is 52.2 Å². The lowest BCUT2D eigenvalue weighted by Gasteiger charge is -2.28. The number of allylic oxidation sites excluding steroid dienone is 1. The van der Waals surface area contributed by atoms with E-state index in [-0.39, 0.29) is 6.61 Å². The Morgan fingerprint density at radius 1 is 1.46 bits per heavy atom. The van der Waals surface area contributed by atoms with Crippen LogP contribution in [0.25, 0.3) is 0 Å². The minimum absolute atomic E-state index is 0.114. The van der Waals surface area contributed by atoms with Gasteiger partial charge in [-0.1, -0.05) is 47.0 Å². The first-order chi connectivity index (χ1) is 13.6. The lowest BCUT2D eigenvalue weighted by molar-refractivity contribution is -0.138. The third kappa shape index (κ3) is 4.09. The number of fused-ring (bicyclic) bond motifs is 1. The highest BCUT2D eigenvalue weighted by Crippen LogP contribution is 2.40. The highest BCUT2D eigenvalue weighted by atomic mass is 79.9. The van der Waals surface area contributed by atoms with Gasteiger partial charge in [-0.25, -0.2) is 4.79 Å². The zero-order valence-corrected chi connectivity index (χ0v) is 17.4. The number of unbranched alkanes of at least 4 members (excludes halogenated alkanes) is 1. The van der Waals surface area contributed by atoms with Crippen LogP contribution in [0.5, 0.6) is 5.75 Å². The SMILES string of the molecule is C=CCOC(=O)C1=C(C)Nc2nnnn2C1c1cc(Br)ccc1OCCCC. The van der Waals surface area contributed by atoms with Gasteiger partial charge >= 0.3 is 5.97 Å². The number of nitrogens with one attached hydrogen (secondary N) is 1. The zero-order valence-electron chi connectivity index (χ0n) is 15.8. The molecule has 0 bridgehead atoms. The molecule has 0 amide bonds. The fraction of sp³-hybridized carbons (Fsp3) is 0.368. The van der Waals surface area contributed by atoms with E-state index in [9.17, 15) is 4.79 Å². The van der Waals surface area contributed by atoms with Crippen LogP contribution in [0.15, 0.2) is 46.6 Å². The molecule has 1 atom stereocenters. The van der Waals surface area contributed by atoms with E-state index in [2.05, 4.69) is 50.3 Å². The molecule has 1 N–H and O–H groups in total. The van der Waals surface area contributed by atoms with Crippen molar-refractivity contribution in [3.63, 3.8) is 0 Å². The van der Waals surface area contributed by atoms with E-state index in [1.807, 2.05) is 18.2 Å². The molecule has 1 aliphatic rings. The molecule has 8 nitrogen and oxygen atoms in total. The Balaban J connectivity index is 2.10. The molecular formula is C19H22BrN5O3. The summed E-state index contributed by atoms with van der Waals surface area (Å²) in [5.41, 5.74) is 1.81. The summed E-state index contributed by atoms with van der Waals surface area (Å²) < 4.78 is 13.7. The molecule has 0 radical (unpaired) electrons. The second-order valence-corrected chi connectivity index (χ2v) is 7.20. The number of carbonyl (C=O) groups is 1. The average molecular weight is 448 g/mol. The Morgan fingerprint density at radius 3 is 3.04 bits per heavy atom. The Hall–Kier alpha value is -2.68. The number of halogens is 1. The number of aromatic nitrogens is 4. The second kappa shape index (κ2) is 9.01. The number of ether oxygens (including phenoxy) is 2. The van der Waals surface area contributed by atoms with Gasteiger partial charge in [-0.3, -0.25) is 0 Å². The number of benzene rings is 1. The maximum absolute atomic E-state index is 12.8. The molecule has 28 heavy (non-hydrogen) atoms. The fourth-order valence-electron chi connectivity index (χ4n) is 2.97. The van der Waals surface area contributed by atoms with E-state index in [0.717, 1.165) is 22.9 Å². The third-order valence-corrected chi connectivity index (χ3v) is 4.78. The van der Waals surface area contributed by atoms with Gasteiger partial charge in [-0.15, -0.1) is 0 Å². The van der Waals surface area contributed by atoms with Gasteiger partial charge in [0.2, 0.25) is 5.95 Å². The summed E-state index contributed by atoms with van der Waals surface area (Å²) in [5.74, 6) is 0.657. The van der Waals surface area contributed by atoms with E-state index in [1.165, 1.54) is 6.08 Å². The number of nitrogens with zero attached hydrogens (tertiary/aromatic N) is 4. The lowest BCUT2D eigenvalue weighted by atomic mass is 9.95. The maximum Gasteiger partial charge on any atom is 0.338 e. The molecule has 0 saturated carbocycles. The normalized spacial score (nSPS) is 15.6. The van der Waals surface area contributed by atoms with E-state index >= 15 is 0 Å². The topological polar surface area (TPSA) is 91.2 Å². The number of esters is 1. The molecule has 9 heteroatoms. The van der Waals surface area contributed by atoms with E-state index in [1.54, 1.807) is 11.6 Å². The van der Waals surface area contributed by atoms with E-state index < -0.39 is 12.0 Å². The summed E-state index contributed by atoms with van der Waals surface area (Å²) >= 11 is 3.51. The largest absolute Gasteiger partial charge is 0.493 e. The fourth-order valence-corrected chi connectivity index (χ4v) is 3.35. The molecule has 0 saturated heterocycles. The maximum atomic E-state index is 12.8. The number of anilines is 1. The minimum Gasteiger partial charge on any atom is -0.493 e. The molecule has 1 aliphatic heterocycles. The van der Waals surface area contributed by atoms with Crippen LogP contribution in [0.3, 0.4) is 0 Å². The van der Waals surface area contributed by atoms with Crippen molar-refractivity contribution in [2.45, 2.75) is 32.7 Å². The molecule has 148 valence electrons. The summed E-state index contributed by atoms with van der Waals surface area (Å²) in [6.45, 7) is 8.19. The van der Waals surface area contributed by atoms with E-state index in [0.29, 0.717) is 29.6 Å². The standard InChI is InChI=1S/C19H22BrN5O3/c1-4-6-10-27-15-8-7-13(20)11-14(15)17-16(18(26)28-9-5-2)12(3)21-19-22-23-24-25(17)19/h5,7-8,11,17H,2,4,6,9-10H2,1,3H3,(H,21,22,24). The molecular weight excluding hydrogens is 426 g/mol. The molecule has 0 fully saturated rings. The van der Waals surface area contributed by atoms with Crippen LogP contribution >= 0.6 is 15.9 Å². The Morgan fingerprint density at radius 2 is 2.29 bits per heavy atom. The molecule has 2 heterocycles. The Bertz CT molecular complexity index is 909. The lowest BCUT2D eigenvalue weighted by Crippen LogP contribution is -2.30. The Labute approximate surface area is 171 Å². The van der Waals surface area contributed by atoms with Gasteiger partial charge in [0.1, 0.15) is 18.4 Å². The molecule has 1 unspecified atom stereocenters. The predicted molar refractivity (Wildman–Crippen MR) is 108 cm³/mol. The van der Waals surface area contributed by atoms with Gasteiger partial charge in [-0.05, 0) is 42.0 Å². The van der Waals surface area contributed by atoms with Gasteiger partial charge in [-0.2, -0.15) is 4.68 Å². The summed E-state index contributed by atoms with van der Waals surface area (Å²) in [6.07, 6.45) is 3.48. The number of carbonyl (C=O) groups excluding carboxylic acids is 1. The second-order valence-electron chi connectivity index (χ2n) is 6.28. The summed E-state index contributed by atoms with van der Waals surface area (Å²) in [7, 11) is 0. The van der Waals surface area contributed by atoms with Crippen molar-refractivity contribution in [2.75, 3.05) is 18.5 Å². The smallest absolute Gasteiger partial charge is 0.338 e. The molecule has 1 aromatic carbocycles. The van der Waals surface area contributed by atoms with E-state index in [4.69, 9.17) is 9.47 Å². The zero-order chi connectivity index (χ0) is 20.1. The highest BCUT2D eigenvalue weighted by Gasteiger charge is 2.36. The predicted octanol–water partition coefficient (Wildman–Crippen LogP) is 3.63. The third-order valence-electron chi connectivity index (χ3n) is 4.29. The molecule has 0 aliphatic carbocycles. The van der Waals surface area contributed by atoms with Crippen molar-refractivity contribution in [1.82, 2.24) is 20.2 Å². The van der Waals surface area contributed by atoms with Crippen LogP contribution in [0.2, 0.25) is 0 Å². The number of hydrogen-bond acceptors (Lipinski definition) is 7. The number of rotatable bonds is 8. The van der Waals surface area contributed by atoms with Crippen molar-refractivity contribution in [1.29, 1.82) is 0 Å². The first-order valence-electron chi connectivity index (χ1n) is 9.02. The highest BCUT2D eigenvalue weighted by molar-refractivity contribution is 9.10. The van der Waals surface area contributed by atoms with Gasteiger partial charge in [0.05, 0.1) is 12.2 Å². The van der Waals surface area contributed by atoms with Gasteiger partial charge in [0.15, 0.2) is 0 Å². The summed E-state index contributed by atoms with van der Waals surface area (Å²) in [6, 6.07) is 5.11. The Kier molecular flexibility index (Phi) is 6.45. The minimum atomic E-state index is -0.585. The van der Waals surface area contributed by atoms with Crippen LogP contribution in [0.1, 0.15) is 38.3 Å². The molecule has 1 aromatic heterocycles. The van der Waals surface area contributed by atoms with Crippen molar-refractivity contribution < 1.29 is 14.3 Å². The van der Waals surface area contributed by atoms with Crippen LogP contribution < -0.4 is 10.1 Å². The first-order valence-corrected chi connectivity index (χ1v) is 9.82. The van der Waals surface area contributed by atoms with Crippen LogP contribution in [0, 0.1) is 0 Å². The van der Waals surface area contributed by atoms with Crippen LogP contribution in [-0.2, 0) is 9.53 Å². The van der Waals surface area contributed by atoms with Gasteiger partial charge in [0.25, 0.3) is 0 Å². The quantitative estimate of drug-likeness (QED) is 0.375.